The van der Waals surface area contributed by atoms with E-state index < -0.39 is 0 Å². The largest absolute Gasteiger partial charge is 0.454 e. The van der Waals surface area contributed by atoms with Crippen LogP contribution in [0.25, 0.3) is 76.9 Å². The third-order valence-corrected chi connectivity index (χ3v) is 12.0. The van der Waals surface area contributed by atoms with Gasteiger partial charge >= 0.3 is 0 Å². The molecule has 0 atom stereocenters. The van der Waals surface area contributed by atoms with E-state index >= 15 is 0 Å². The van der Waals surface area contributed by atoms with Crippen molar-refractivity contribution in [2.45, 2.75) is 19.3 Å². The van der Waals surface area contributed by atoms with Gasteiger partial charge in [-0.15, -0.1) is 0 Å². The molecule has 3 aromatic heterocycles. The molecule has 0 unspecified atom stereocenters. The summed E-state index contributed by atoms with van der Waals surface area (Å²) in [5.74, 6) is 0. The number of para-hydroxylation sites is 6. The SMILES string of the molecule is CC1(C)c2cc(N(c3ccccc3)c3cccc4c3oc3ccccc34)ccc2-n2c3ccccc3c3c2c1cc1c2ccccc2n(-c2ccccc2)c13. The molecule has 0 spiro atoms. The third-order valence-electron chi connectivity index (χ3n) is 12.0. The van der Waals surface area contributed by atoms with E-state index in [1.807, 2.05) is 6.07 Å². The molecule has 1 aliphatic rings. The van der Waals surface area contributed by atoms with E-state index in [9.17, 15) is 0 Å². The first-order valence-electron chi connectivity index (χ1n) is 19.0. The lowest BCUT2D eigenvalue weighted by atomic mass is 9.74. The summed E-state index contributed by atoms with van der Waals surface area (Å²) in [4.78, 5) is 2.36. The Bertz CT molecular complexity index is 3350. The molecule has 0 amide bonds. The van der Waals surface area contributed by atoms with Crippen molar-refractivity contribution in [3.8, 4) is 11.4 Å². The van der Waals surface area contributed by atoms with Crippen molar-refractivity contribution in [1.29, 1.82) is 0 Å². The van der Waals surface area contributed by atoms with E-state index in [0.717, 1.165) is 39.0 Å². The fourth-order valence-corrected chi connectivity index (χ4v) is 9.59. The summed E-state index contributed by atoms with van der Waals surface area (Å²) >= 11 is 0. The summed E-state index contributed by atoms with van der Waals surface area (Å²) < 4.78 is 11.7. The Morgan fingerprint density at radius 3 is 1.93 bits per heavy atom. The highest BCUT2D eigenvalue weighted by atomic mass is 16.3. The Kier molecular flexibility index (Phi) is 6.09. The number of nitrogens with zero attached hydrogens (tertiary/aromatic N) is 3. The average Bonchev–Trinajstić information content (AvgIpc) is 3.89. The minimum Gasteiger partial charge on any atom is -0.454 e. The van der Waals surface area contributed by atoms with Crippen LogP contribution in [-0.4, -0.2) is 9.13 Å². The summed E-state index contributed by atoms with van der Waals surface area (Å²) in [6, 6.07) is 63.7. The number of benzene rings is 8. The van der Waals surface area contributed by atoms with Crippen molar-refractivity contribution in [2.24, 2.45) is 0 Å². The van der Waals surface area contributed by atoms with Crippen LogP contribution in [0.3, 0.4) is 0 Å². The number of aromatic nitrogens is 2. The number of anilines is 3. The lowest BCUT2D eigenvalue weighted by molar-refractivity contribution is 0.631. The van der Waals surface area contributed by atoms with E-state index in [0.29, 0.717) is 0 Å². The summed E-state index contributed by atoms with van der Waals surface area (Å²) in [6.07, 6.45) is 0. The molecule has 4 heterocycles. The van der Waals surface area contributed by atoms with Crippen LogP contribution in [0.2, 0.25) is 0 Å². The smallest absolute Gasteiger partial charge is 0.159 e. The van der Waals surface area contributed by atoms with Crippen LogP contribution in [0.1, 0.15) is 25.0 Å². The topological polar surface area (TPSA) is 26.2 Å². The van der Waals surface area contributed by atoms with E-state index in [4.69, 9.17) is 4.42 Å². The molecule has 1 aliphatic heterocycles. The molecule has 12 rings (SSSR count). The molecule has 8 aromatic carbocycles. The molecule has 0 N–H and O–H groups in total. The highest BCUT2D eigenvalue weighted by molar-refractivity contribution is 6.27. The van der Waals surface area contributed by atoms with Crippen LogP contribution in [0.4, 0.5) is 17.1 Å². The number of hydrogen-bond donors (Lipinski definition) is 0. The highest BCUT2D eigenvalue weighted by Gasteiger charge is 2.38. The molecular formula is C51H35N3O. The second kappa shape index (κ2) is 11.0. The quantitative estimate of drug-likeness (QED) is 0.182. The second-order valence-corrected chi connectivity index (χ2v) is 15.3. The molecule has 0 saturated carbocycles. The van der Waals surface area contributed by atoms with Gasteiger partial charge in [-0.05, 0) is 83.9 Å². The maximum Gasteiger partial charge on any atom is 0.159 e. The molecule has 4 nitrogen and oxygen atoms in total. The third kappa shape index (κ3) is 4.06. The van der Waals surface area contributed by atoms with Gasteiger partial charge in [0.05, 0.1) is 33.4 Å². The molecule has 260 valence electrons. The summed E-state index contributed by atoms with van der Waals surface area (Å²) in [5.41, 5.74) is 14.6. The zero-order valence-corrected chi connectivity index (χ0v) is 30.5. The van der Waals surface area contributed by atoms with Crippen molar-refractivity contribution < 1.29 is 4.42 Å². The van der Waals surface area contributed by atoms with Crippen LogP contribution >= 0.6 is 0 Å². The predicted octanol–water partition coefficient (Wildman–Crippen LogP) is 13.9. The van der Waals surface area contributed by atoms with E-state index in [-0.39, 0.29) is 5.41 Å². The van der Waals surface area contributed by atoms with Crippen LogP contribution in [0, 0.1) is 0 Å². The Morgan fingerprint density at radius 1 is 0.473 bits per heavy atom. The Balaban J connectivity index is 1.17. The molecule has 11 aromatic rings. The highest BCUT2D eigenvalue weighted by Crippen LogP contribution is 2.53. The normalized spacial score (nSPS) is 13.4. The summed E-state index contributed by atoms with van der Waals surface area (Å²) in [7, 11) is 0. The number of furan rings is 1. The van der Waals surface area contributed by atoms with Crippen LogP contribution in [0.5, 0.6) is 0 Å². The number of rotatable bonds is 4. The predicted molar refractivity (Wildman–Crippen MR) is 229 cm³/mol. The van der Waals surface area contributed by atoms with Gasteiger partial charge in [-0.25, -0.2) is 0 Å². The molecule has 0 fully saturated rings. The van der Waals surface area contributed by atoms with Gasteiger partial charge < -0.3 is 18.5 Å². The minimum absolute atomic E-state index is 0.328. The first kappa shape index (κ1) is 30.4. The molecule has 0 saturated heterocycles. The van der Waals surface area contributed by atoms with Crippen molar-refractivity contribution in [3.63, 3.8) is 0 Å². The van der Waals surface area contributed by atoms with Gasteiger partial charge in [-0.2, -0.15) is 0 Å². The number of hydrogen-bond acceptors (Lipinski definition) is 2. The molecule has 0 bridgehead atoms. The minimum atomic E-state index is -0.328. The van der Waals surface area contributed by atoms with Gasteiger partial charge in [0.15, 0.2) is 5.58 Å². The van der Waals surface area contributed by atoms with E-state index in [2.05, 4.69) is 198 Å². The van der Waals surface area contributed by atoms with Gasteiger partial charge in [0.1, 0.15) is 5.58 Å². The zero-order chi connectivity index (χ0) is 36.4. The fourth-order valence-electron chi connectivity index (χ4n) is 9.59. The van der Waals surface area contributed by atoms with Crippen molar-refractivity contribution >= 4 is 82.6 Å². The zero-order valence-electron chi connectivity index (χ0n) is 30.5. The van der Waals surface area contributed by atoms with Crippen LogP contribution in [0.15, 0.2) is 180 Å². The van der Waals surface area contributed by atoms with Gasteiger partial charge in [0.25, 0.3) is 0 Å². The Morgan fingerprint density at radius 2 is 1.13 bits per heavy atom. The Hall–Kier alpha value is -7.04. The van der Waals surface area contributed by atoms with Crippen LogP contribution in [-0.2, 0) is 5.41 Å². The summed E-state index contributed by atoms with van der Waals surface area (Å²) in [6.45, 7) is 4.81. The van der Waals surface area contributed by atoms with Gasteiger partial charge in [0.2, 0.25) is 0 Å². The first-order chi connectivity index (χ1) is 27.1. The maximum absolute atomic E-state index is 6.65. The molecule has 55 heavy (non-hydrogen) atoms. The van der Waals surface area contributed by atoms with Crippen LogP contribution < -0.4 is 4.90 Å². The second-order valence-electron chi connectivity index (χ2n) is 15.3. The molecular weight excluding hydrogens is 671 g/mol. The first-order valence-corrected chi connectivity index (χ1v) is 19.0. The maximum atomic E-state index is 6.65. The van der Waals surface area contributed by atoms with Gasteiger partial charge in [0, 0.05) is 54.8 Å². The van der Waals surface area contributed by atoms with Crippen molar-refractivity contribution in [1.82, 2.24) is 9.13 Å². The van der Waals surface area contributed by atoms with E-state index in [1.165, 1.54) is 66.1 Å². The van der Waals surface area contributed by atoms with Crippen molar-refractivity contribution in [3.05, 3.63) is 187 Å². The molecule has 0 aliphatic carbocycles. The molecule has 4 heteroatoms. The molecule has 0 radical (unpaired) electrons. The fraction of sp³-hybridized carbons (Fsp3) is 0.0588. The summed E-state index contributed by atoms with van der Waals surface area (Å²) in [5, 5.41) is 7.34. The lowest BCUT2D eigenvalue weighted by Gasteiger charge is -2.36. The van der Waals surface area contributed by atoms with Gasteiger partial charge in [-0.3, -0.25) is 0 Å². The number of fused-ring (bicyclic) bond motifs is 12. The monoisotopic (exact) mass is 705 g/mol. The van der Waals surface area contributed by atoms with Gasteiger partial charge in [-0.1, -0.05) is 117 Å². The van der Waals surface area contributed by atoms with E-state index in [1.54, 1.807) is 0 Å². The van der Waals surface area contributed by atoms with Crippen molar-refractivity contribution in [2.75, 3.05) is 4.90 Å². The average molecular weight is 706 g/mol. The Labute approximate surface area is 317 Å². The lowest BCUT2D eigenvalue weighted by Crippen LogP contribution is -2.27. The standard InChI is InChI=1S/C51H35N3O/c1-51(2)40-30-34(52(32-16-5-3-6-17-32)45-26-15-23-37-36-21-11-14-27-46(36)55-50(37)45)28-29-44(40)54-43-25-13-10-22-38(43)47-48-39(31-41(51)49(47)54)35-20-9-12-24-42(35)53(48)33-18-7-4-8-19-33/h3-31H,1-2H3.